The molecule has 0 saturated heterocycles. The number of aromatic nitrogens is 3. The molecule has 1 aliphatic heterocycles. The van der Waals surface area contributed by atoms with Crippen molar-refractivity contribution >= 4 is 11.1 Å². The SMILES string of the molecule is CC(C)c1nc2c(c(=O)[nH]1)CN(Cc1nc3ccccc3o1)CC2. The maximum atomic E-state index is 12.4. The van der Waals surface area contributed by atoms with Crippen LogP contribution in [0.2, 0.25) is 0 Å². The van der Waals surface area contributed by atoms with Crippen LogP contribution in [0, 0.1) is 0 Å². The Morgan fingerprint density at radius 2 is 2.12 bits per heavy atom. The van der Waals surface area contributed by atoms with Crippen LogP contribution in [0.15, 0.2) is 33.5 Å². The highest BCUT2D eigenvalue weighted by molar-refractivity contribution is 5.72. The minimum absolute atomic E-state index is 0.0223. The lowest BCUT2D eigenvalue weighted by atomic mass is 10.1. The summed E-state index contributed by atoms with van der Waals surface area (Å²) >= 11 is 0. The molecule has 3 heterocycles. The maximum Gasteiger partial charge on any atom is 0.255 e. The van der Waals surface area contributed by atoms with Crippen molar-refractivity contribution in [3.8, 4) is 0 Å². The number of nitrogens with one attached hydrogen (secondary N) is 1. The molecule has 1 N–H and O–H groups in total. The Balaban J connectivity index is 1.57. The van der Waals surface area contributed by atoms with Gasteiger partial charge in [-0.3, -0.25) is 9.69 Å². The van der Waals surface area contributed by atoms with Crippen molar-refractivity contribution in [3.63, 3.8) is 0 Å². The van der Waals surface area contributed by atoms with Gasteiger partial charge in [0.1, 0.15) is 11.3 Å². The molecule has 6 heteroatoms. The Morgan fingerprint density at radius 1 is 1.29 bits per heavy atom. The predicted octanol–water partition coefficient (Wildman–Crippen LogP) is 2.59. The summed E-state index contributed by atoms with van der Waals surface area (Å²) in [7, 11) is 0. The zero-order valence-electron chi connectivity index (χ0n) is 13.9. The van der Waals surface area contributed by atoms with Gasteiger partial charge in [-0.25, -0.2) is 9.97 Å². The zero-order chi connectivity index (χ0) is 16.7. The number of para-hydroxylation sites is 2. The van der Waals surface area contributed by atoms with E-state index >= 15 is 0 Å². The van der Waals surface area contributed by atoms with Crippen molar-refractivity contribution in [1.82, 2.24) is 19.9 Å². The number of fused-ring (bicyclic) bond motifs is 2. The lowest BCUT2D eigenvalue weighted by Crippen LogP contribution is -2.36. The smallest absolute Gasteiger partial charge is 0.255 e. The third kappa shape index (κ3) is 2.73. The summed E-state index contributed by atoms with van der Waals surface area (Å²) in [6, 6.07) is 7.74. The number of nitrogens with zero attached hydrogens (tertiary/aromatic N) is 3. The van der Waals surface area contributed by atoms with Crippen molar-refractivity contribution in [2.24, 2.45) is 0 Å². The maximum absolute atomic E-state index is 12.4. The molecule has 1 aromatic carbocycles. The Morgan fingerprint density at radius 3 is 2.92 bits per heavy atom. The van der Waals surface area contributed by atoms with Crippen LogP contribution in [-0.2, 0) is 19.5 Å². The van der Waals surface area contributed by atoms with Gasteiger partial charge in [-0.1, -0.05) is 26.0 Å². The molecule has 0 fully saturated rings. The first-order valence-electron chi connectivity index (χ1n) is 8.29. The zero-order valence-corrected chi connectivity index (χ0v) is 13.9. The normalized spacial score (nSPS) is 15.1. The van der Waals surface area contributed by atoms with Crippen LogP contribution < -0.4 is 5.56 Å². The predicted molar refractivity (Wildman–Crippen MR) is 90.8 cm³/mol. The molecule has 0 bridgehead atoms. The Labute approximate surface area is 139 Å². The van der Waals surface area contributed by atoms with Gasteiger partial charge in [0.2, 0.25) is 5.89 Å². The fourth-order valence-corrected chi connectivity index (χ4v) is 3.09. The summed E-state index contributed by atoms with van der Waals surface area (Å²) in [5.74, 6) is 1.68. The van der Waals surface area contributed by atoms with Crippen LogP contribution in [-0.4, -0.2) is 26.4 Å². The van der Waals surface area contributed by atoms with E-state index in [1.807, 2.05) is 38.1 Å². The van der Waals surface area contributed by atoms with E-state index < -0.39 is 0 Å². The monoisotopic (exact) mass is 324 g/mol. The number of benzene rings is 1. The molecule has 0 spiro atoms. The molecule has 3 aromatic rings. The lowest BCUT2D eigenvalue weighted by Gasteiger charge is -2.26. The minimum atomic E-state index is -0.0223. The lowest BCUT2D eigenvalue weighted by molar-refractivity contribution is 0.220. The fourth-order valence-electron chi connectivity index (χ4n) is 3.09. The van der Waals surface area contributed by atoms with Gasteiger partial charge >= 0.3 is 0 Å². The molecule has 0 amide bonds. The molecule has 24 heavy (non-hydrogen) atoms. The van der Waals surface area contributed by atoms with Gasteiger partial charge in [0.15, 0.2) is 5.58 Å². The summed E-state index contributed by atoms with van der Waals surface area (Å²) in [6.45, 7) is 6.09. The van der Waals surface area contributed by atoms with E-state index in [0.717, 1.165) is 41.1 Å². The second kappa shape index (κ2) is 5.87. The van der Waals surface area contributed by atoms with E-state index in [2.05, 4.69) is 19.9 Å². The first kappa shape index (κ1) is 15.1. The number of aromatic amines is 1. The van der Waals surface area contributed by atoms with Crippen LogP contribution in [0.25, 0.3) is 11.1 Å². The highest BCUT2D eigenvalue weighted by Crippen LogP contribution is 2.20. The summed E-state index contributed by atoms with van der Waals surface area (Å²) in [4.78, 5) is 26.6. The third-order valence-electron chi connectivity index (χ3n) is 4.41. The van der Waals surface area contributed by atoms with Gasteiger partial charge < -0.3 is 9.40 Å². The third-order valence-corrected chi connectivity index (χ3v) is 4.41. The average Bonchev–Trinajstić information content (AvgIpc) is 2.97. The summed E-state index contributed by atoms with van der Waals surface area (Å²) in [5, 5.41) is 0. The summed E-state index contributed by atoms with van der Waals surface area (Å²) in [5.41, 5.74) is 3.33. The molecule has 2 aromatic heterocycles. The van der Waals surface area contributed by atoms with Gasteiger partial charge in [0.05, 0.1) is 17.8 Å². The van der Waals surface area contributed by atoms with Gasteiger partial charge in [-0.2, -0.15) is 0 Å². The van der Waals surface area contributed by atoms with Crippen LogP contribution in [0.4, 0.5) is 0 Å². The average molecular weight is 324 g/mol. The van der Waals surface area contributed by atoms with Gasteiger partial charge in [0.25, 0.3) is 5.56 Å². The molecule has 0 unspecified atom stereocenters. The standard InChI is InChI=1S/C18H20N4O2/c1-11(2)17-20-13-7-8-22(9-12(13)18(23)21-17)10-16-19-14-5-3-4-6-15(14)24-16/h3-6,11H,7-10H2,1-2H3,(H,20,21,23). The van der Waals surface area contributed by atoms with Crippen LogP contribution in [0.5, 0.6) is 0 Å². The second-order valence-corrected chi connectivity index (χ2v) is 6.57. The number of rotatable bonds is 3. The molecule has 1 aliphatic rings. The van der Waals surface area contributed by atoms with Gasteiger partial charge in [-0.05, 0) is 12.1 Å². The topological polar surface area (TPSA) is 75.0 Å². The Bertz CT molecular complexity index is 909. The van der Waals surface area contributed by atoms with Crippen molar-refractivity contribution in [1.29, 1.82) is 0 Å². The van der Waals surface area contributed by atoms with E-state index in [0.29, 0.717) is 19.0 Å². The number of H-pyrrole nitrogens is 1. The Kier molecular flexibility index (Phi) is 3.69. The van der Waals surface area contributed by atoms with Crippen molar-refractivity contribution in [2.45, 2.75) is 39.3 Å². The second-order valence-electron chi connectivity index (χ2n) is 6.57. The molecule has 124 valence electrons. The van der Waals surface area contributed by atoms with E-state index in [-0.39, 0.29) is 11.5 Å². The van der Waals surface area contributed by atoms with Gasteiger partial charge in [0, 0.05) is 25.4 Å². The van der Waals surface area contributed by atoms with E-state index in [9.17, 15) is 4.79 Å². The summed E-state index contributed by atoms with van der Waals surface area (Å²) in [6.07, 6.45) is 0.777. The highest BCUT2D eigenvalue weighted by atomic mass is 16.3. The first-order valence-corrected chi connectivity index (χ1v) is 8.29. The molecule has 0 atom stereocenters. The fraction of sp³-hybridized carbons (Fsp3) is 0.389. The molecule has 0 saturated carbocycles. The molecule has 6 nitrogen and oxygen atoms in total. The highest BCUT2D eigenvalue weighted by Gasteiger charge is 2.23. The van der Waals surface area contributed by atoms with E-state index in [1.54, 1.807) is 0 Å². The number of hydrogen-bond donors (Lipinski definition) is 1. The van der Waals surface area contributed by atoms with Crippen molar-refractivity contribution in [3.05, 3.63) is 57.6 Å². The molecule has 0 radical (unpaired) electrons. The van der Waals surface area contributed by atoms with Crippen LogP contribution in [0.3, 0.4) is 0 Å². The molecule has 0 aliphatic carbocycles. The molecular formula is C18H20N4O2. The van der Waals surface area contributed by atoms with Crippen molar-refractivity contribution < 1.29 is 4.42 Å². The summed E-state index contributed by atoms with van der Waals surface area (Å²) < 4.78 is 5.79. The quantitative estimate of drug-likeness (QED) is 0.801. The van der Waals surface area contributed by atoms with E-state index in [4.69, 9.17) is 4.42 Å². The largest absolute Gasteiger partial charge is 0.439 e. The van der Waals surface area contributed by atoms with Gasteiger partial charge in [-0.15, -0.1) is 0 Å². The van der Waals surface area contributed by atoms with E-state index in [1.165, 1.54) is 0 Å². The Hall–Kier alpha value is -2.47. The minimum Gasteiger partial charge on any atom is -0.439 e. The first-order chi connectivity index (χ1) is 11.6. The number of oxazole rings is 1. The van der Waals surface area contributed by atoms with Crippen LogP contribution in [0.1, 0.15) is 42.7 Å². The number of hydrogen-bond acceptors (Lipinski definition) is 5. The van der Waals surface area contributed by atoms with Crippen molar-refractivity contribution in [2.75, 3.05) is 6.54 Å². The molecular weight excluding hydrogens is 304 g/mol. The molecule has 4 rings (SSSR count). The van der Waals surface area contributed by atoms with Crippen LogP contribution >= 0.6 is 0 Å².